The average Bonchev–Trinajstić information content (AvgIpc) is 2.69. The lowest BCUT2D eigenvalue weighted by Crippen LogP contribution is -2.19. The molecule has 1 nitrogen and oxygen atoms in total. The molecule has 1 heterocycles. The molecule has 1 atom stereocenters. The van der Waals surface area contributed by atoms with E-state index in [1.54, 1.807) is 11.3 Å². The van der Waals surface area contributed by atoms with Crippen molar-refractivity contribution in [1.29, 1.82) is 0 Å². The zero-order chi connectivity index (χ0) is 12.4. The van der Waals surface area contributed by atoms with E-state index in [1.807, 2.05) is 6.07 Å². The van der Waals surface area contributed by atoms with E-state index in [2.05, 4.69) is 38.8 Å². The SMILES string of the molecule is CCC1CCC(C(O)c2cc(Br)c(Br)s2)CC1. The quantitative estimate of drug-likeness (QED) is 0.730. The van der Waals surface area contributed by atoms with Gasteiger partial charge in [-0.15, -0.1) is 11.3 Å². The Balaban J connectivity index is 1.99. The van der Waals surface area contributed by atoms with Crippen molar-refractivity contribution in [3.8, 4) is 0 Å². The highest BCUT2D eigenvalue weighted by atomic mass is 79.9. The summed E-state index contributed by atoms with van der Waals surface area (Å²) in [4.78, 5) is 1.09. The van der Waals surface area contributed by atoms with Crippen LogP contribution in [-0.2, 0) is 0 Å². The van der Waals surface area contributed by atoms with Crippen LogP contribution in [0.1, 0.15) is 50.0 Å². The van der Waals surface area contributed by atoms with Crippen LogP contribution in [0.2, 0.25) is 0 Å². The number of aliphatic hydroxyl groups excluding tert-OH is 1. The summed E-state index contributed by atoms with van der Waals surface area (Å²) in [7, 11) is 0. The van der Waals surface area contributed by atoms with Crippen molar-refractivity contribution >= 4 is 43.2 Å². The maximum absolute atomic E-state index is 10.4. The molecule has 96 valence electrons. The fourth-order valence-corrected chi connectivity index (χ4v) is 4.82. The van der Waals surface area contributed by atoms with E-state index in [1.165, 1.54) is 32.1 Å². The third-order valence-corrected chi connectivity index (χ3v) is 7.20. The molecule has 1 saturated carbocycles. The maximum Gasteiger partial charge on any atom is 0.0910 e. The molecule has 2 rings (SSSR count). The first-order chi connectivity index (χ1) is 8.11. The first-order valence-corrected chi connectivity index (χ1v) is 8.64. The lowest BCUT2D eigenvalue weighted by atomic mass is 9.78. The van der Waals surface area contributed by atoms with Crippen LogP contribution in [0.3, 0.4) is 0 Å². The molecule has 0 bridgehead atoms. The van der Waals surface area contributed by atoms with Crippen molar-refractivity contribution in [2.45, 2.75) is 45.1 Å². The molecular formula is C13H18Br2OS. The minimum atomic E-state index is -0.277. The highest BCUT2D eigenvalue weighted by molar-refractivity contribution is 9.13. The standard InChI is InChI=1S/C13H18Br2OS/c1-2-8-3-5-9(6-4-8)12(16)11-7-10(14)13(15)17-11/h7-9,12,16H,2-6H2,1H3. The summed E-state index contributed by atoms with van der Waals surface area (Å²) >= 11 is 8.61. The molecule has 1 aromatic heterocycles. The Morgan fingerprint density at radius 1 is 1.35 bits per heavy atom. The molecule has 0 aromatic carbocycles. The van der Waals surface area contributed by atoms with Gasteiger partial charge in [-0.2, -0.15) is 0 Å². The van der Waals surface area contributed by atoms with Gasteiger partial charge >= 0.3 is 0 Å². The maximum atomic E-state index is 10.4. The first kappa shape index (κ1) is 14.0. The molecule has 4 heteroatoms. The fourth-order valence-electron chi connectivity index (χ4n) is 2.65. The van der Waals surface area contributed by atoms with E-state index in [9.17, 15) is 5.11 Å². The Hall–Kier alpha value is 0.620. The van der Waals surface area contributed by atoms with Crippen LogP contribution in [0.15, 0.2) is 14.3 Å². The summed E-state index contributed by atoms with van der Waals surface area (Å²) in [5.74, 6) is 1.34. The Bertz CT molecular complexity index is 350. The van der Waals surface area contributed by atoms with Crippen LogP contribution in [0, 0.1) is 11.8 Å². The Kier molecular flexibility index (Phi) is 5.10. The van der Waals surface area contributed by atoms with Gasteiger partial charge in [0.05, 0.1) is 9.89 Å². The minimum Gasteiger partial charge on any atom is -0.387 e. The summed E-state index contributed by atoms with van der Waals surface area (Å²) in [5.41, 5.74) is 0. The predicted octanol–water partition coefficient (Wildman–Crippen LogP) is 5.52. The number of hydrogen-bond acceptors (Lipinski definition) is 2. The lowest BCUT2D eigenvalue weighted by molar-refractivity contribution is 0.0757. The van der Waals surface area contributed by atoms with Gasteiger partial charge in [-0.25, -0.2) is 0 Å². The van der Waals surface area contributed by atoms with Crippen molar-refractivity contribution in [1.82, 2.24) is 0 Å². The zero-order valence-corrected chi connectivity index (χ0v) is 13.9. The summed E-state index contributed by atoms with van der Waals surface area (Å²) in [5, 5.41) is 10.4. The van der Waals surface area contributed by atoms with E-state index < -0.39 is 0 Å². The van der Waals surface area contributed by atoms with E-state index in [-0.39, 0.29) is 6.10 Å². The second-order valence-corrected chi connectivity index (χ2v) is 8.16. The van der Waals surface area contributed by atoms with Crippen molar-refractivity contribution in [2.24, 2.45) is 11.8 Å². The monoisotopic (exact) mass is 380 g/mol. The van der Waals surface area contributed by atoms with Gasteiger partial charge in [-0.05, 0) is 62.6 Å². The largest absolute Gasteiger partial charge is 0.387 e. The second kappa shape index (κ2) is 6.18. The summed E-state index contributed by atoms with van der Waals surface area (Å²) in [6.07, 6.45) is 5.93. The first-order valence-electron chi connectivity index (χ1n) is 6.24. The molecule has 1 unspecified atom stereocenters. The molecule has 1 N–H and O–H groups in total. The molecule has 0 saturated heterocycles. The summed E-state index contributed by atoms with van der Waals surface area (Å²) < 4.78 is 2.13. The fraction of sp³-hybridized carbons (Fsp3) is 0.692. The van der Waals surface area contributed by atoms with Gasteiger partial charge in [0, 0.05) is 9.35 Å². The van der Waals surface area contributed by atoms with Crippen molar-refractivity contribution < 1.29 is 5.11 Å². The average molecular weight is 382 g/mol. The summed E-state index contributed by atoms with van der Waals surface area (Å²) in [6.45, 7) is 2.27. The van der Waals surface area contributed by atoms with Gasteiger partial charge in [0.25, 0.3) is 0 Å². The number of hydrogen-bond donors (Lipinski definition) is 1. The topological polar surface area (TPSA) is 20.2 Å². The smallest absolute Gasteiger partial charge is 0.0910 e. The third kappa shape index (κ3) is 3.34. The molecule has 1 aliphatic rings. The molecule has 0 aliphatic heterocycles. The van der Waals surface area contributed by atoms with Crippen LogP contribution >= 0.6 is 43.2 Å². The highest BCUT2D eigenvalue weighted by Crippen LogP contribution is 2.42. The molecule has 1 fully saturated rings. The second-order valence-electron chi connectivity index (χ2n) is 4.90. The Morgan fingerprint density at radius 2 is 2.00 bits per heavy atom. The Morgan fingerprint density at radius 3 is 2.47 bits per heavy atom. The van der Waals surface area contributed by atoms with Crippen LogP contribution in [0.5, 0.6) is 0 Å². The van der Waals surface area contributed by atoms with E-state index >= 15 is 0 Å². The van der Waals surface area contributed by atoms with Gasteiger partial charge in [-0.3, -0.25) is 0 Å². The Labute approximate surface area is 124 Å². The lowest BCUT2D eigenvalue weighted by Gasteiger charge is -2.30. The number of rotatable bonds is 3. The minimum absolute atomic E-state index is 0.277. The molecule has 17 heavy (non-hydrogen) atoms. The normalized spacial score (nSPS) is 27.1. The molecule has 0 spiro atoms. The van der Waals surface area contributed by atoms with Crippen molar-refractivity contribution in [2.75, 3.05) is 0 Å². The molecule has 0 radical (unpaired) electrons. The molecule has 1 aliphatic carbocycles. The summed E-state index contributed by atoms with van der Waals surface area (Å²) in [6, 6.07) is 2.05. The van der Waals surface area contributed by atoms with Crippen LogP contribution < -0.4 is 0 Å². The van der Waals surface area contributed by atoms with E-state index in [0.29, 0.717) is 5.92 Å². The number of halogens is 2. The predicted molar refractivity (Wildman–Crippen MR) is 80.4 cm³/mol. The van der Waals surface area contributed by atoms with Gasteiger partial charge in [0.2, 0.25) is 0 Å². The van der Waals surface area contributed by atoms with Gasteiger partial charge in [0.15, 0.2) is 0 Å². The van der Waals surface area contributed by atoms with E-state index in [4.69, 9.17) is 0 Å². The molecule has 0 amide bonds. The molecular weight excluding hydrogens is 364 g/mol. The van der Waals surface area contributed by atoms with Gasteiger partial charge in [-0.1, -0.05) is 26.2 Å². The number of thiophene rings is 1. The number of aliphatic hydroxyl groups is 1. The van der Waals surface area contributed by atoms with Gasteiger partial charge < -0.3 is 5.11 Å². The van der Waals surface area contributed by atoms with Crippen molar-refractivity contribution in [3.05, 3.63) is 19.2 Å². The highest BCUT2D eigenvalue weighted by Gasteiger charge is 2.27. The van der Waals surface area contributed by atoms with E-state index in [0.717, 1.165) is 19.1 Å². The third-order valence-electron chi connectivity index (χ3n) is 3.87. The zero-order valence-electron chi connectivity index (χ0n) is 9.96. The van der Waals surface area contributed by atoms with Crippen molar-refractivity contribution in [3.63, 3.8) is 0 Å². The molecule has 1 aromatic rings. The van der Waals surface area contributed by atoms with Crippen LogP contribution in [0.4, 0.5) is 0 Å². The van der Waals surface area contributed by atoms with Crippen LogP contribution in [-0.4, -0.2) is 5.11 Å². The van der Waals surface area contributed by atoms with Crippen LogP contribution in [0.25, 0.3) is 0 Å². The van der Waals surface area contributed by atoms with Gasteiger partial charge in [0.1, 0.15) is 0 Å².